The summed E-state index contributed by atoms with van der Waals surface area (Å²) in [4.78, 5) is -1.00. The molecule has 0 atom stereocenters. The topological polar surface area (TPSA) is 54.4 Å². The van der Waals surface area contributed by atoms with Gasteiger partial charge < -0.3 is 0 Å². The second-order valence-corrected chi connectivity index (χ2v) is 7.39. The van der Waals surface area contributed by atoms with E-state index < -0.39 is 38.0 Å². The van der Waals surface area contributed by atoms with Gasteiger partial charge in [0.2, 0.25) is 0 Å². The molecule has 0 aromatic heterocycles. The number of rotatable bonds is 2. The van der Waals surface area contributed by atoms with Crippen molar-refractivity contribution in [3.8, 4) is 22.3 Å². The first-order valence-corrected chi connectivity index (χ1v) is 9.08. The number of hydrogen-bond acceptors (Lipinski definition) is 2. The highest BCUT2D eigenvalue weighted by molar-refractivity contribution is 7.86. The van der Waals surface area contributed by atoms with E-state index in [0.29, 0.717) is 18.1 Å². The maximum Gasteiger partial charge on any atom is 0.295 e. The van der Waals surface area contributed by atoms with Crippen LogP contribution in [0.1, 0.15) is 11.1 Å². The van der Waals surface area contributed by atoms with Crippen molar-refractivity contribution in [3.05, 3.63) is 77.1 Å². The lowest BCUT2D eigenvalue weighted by Crippen LogP contribution is -2.07. The van der Waals surface area contributed by atoms with Gasteiger partial charge in [-0.05, 0) is 40.3 Å². The third kappa shape index (κ3) is 2.43. The molecule has 0 unspecified atom stereocenters. The van der Waals surface area contributed by atoms with E-state index in [4.69, 9.17) is 0 Å². The van der Waals surface area contributed by atoms with Crippen LogP contribution in [0, 0.1) is 17.5 Å². The largest absolute Gasteiger partial charge is 0.295 e. The lowest BCUT2D eigenvalue weighted by atomic mass is 9.95. The number of hydrogen-bond donors (Lipinski definition) is 1. The summed E-state index contributed by atoms with van der Waals surface area (Å²) in [6, 6.07) is 12.5. The molecule has 0 bridgehead atoms. The first-order chi connectivity index (χ1) is 12.3. The summed E-state index contributed by atoms with van der Waals surface area (Å²) in [6.45, 7) is 0. The van der Waals surface area contributed by atoms with Gasteiger partial charge in [-0.3, -0.25) is 4.55 Å². The average Bonchev–Trinajstić information content (AvgIpc) is 2.97. The number of fused-ring (bicyclic) bond motifs is 3. The van der Waals surface area contributed by atoms with Gasteiger partial charge in [-0.2, -0.15) is 8.42 Å². The highest BCUT2D eigenvalue weighted by atomic mass is 32.2. The van der Waals surface area contributed by atoms with Crippen molar-refractivity contribution in [1.82, 2.24) is 0 Å². The summed E-state index contributed by atoms with van der Waals surface area (Å²) >= 11 is 0. The summed E-state index contributed by atoms with van der Waals surface area (Å²) < 4.78 is 74.7. The SMILES string of the molecule is O=S(=O)(O)c1cc(F)c(F)c(F)c1-c1cccc2c1Cc1ccccc1-2. The minimum Gasteiger partial charge on any atom is -0.282 e. The maximum atomic E-state index is 14.5. The molecular weight excluding hydrogens is 365 g/mol. The number of halogens is 3. The van der Waals surface area contributed by atoms with Crippen molar-refractivity contribution in [1.29, 1.82) is 0 Å². The van der Waals surface area contributed by atoms with Crippen LogP contribution in [0.2, 0.25) is 0 Å². The third-order valence-electron chi connectivity index (χ3n) is 4.52. The zero-order valence-corrected chi connectivity index (χ0v) is 13.9. The van der Waals surface area contributed by atoms with E-state index in [9.17, 15) is 26.1 Å². The Bertz CT molecular complexity index is 1170. The Morgan fingerprint density at radius 1 is 0.846 bits per heavy atom. The molecule has 0 fully saturated rings. The highest BCUT2D eigenvalue weighted by Gasteiger charge is 2.30. The van der Waals surface area contributed by atoms with Crippen molar-refractivity contribution >= 4 is 10.1 Å². The van der Waals surface area contributed by atoms with Crippen molar-refractivity contribution in [2.24, 2.45) is 0 Å². The van der Waals surface area contributed by atoms with Crippen molar-refractivity contribution < 1.29 is 26.1 Å². The normalized spacial score (nSPS) is 12.8. The van der Waals surface area contributed by atoms with Crippen LogP contribution < -0.4 is 0 Å². The van der Waals surface area contributed by atoms with Crippen LogP contribution in [0.15, 0.2) is 53.4 Å². The fourth-order valence-electron chi connectivity index (χ4n) is 3.42. The number of benzene rings is 3. The predicted molar refractivity (Wildman–Crippen MR) is 89.8 cm³/mol. The molecule has 0 saturated heterocycles. The van der Waals surface area contributed by atoms with Gasteiger partial charge >= 0.3 is 0 Å². The maximum absolute atomic E-state index is 14.5. The molecule has 1 aliphatic carbocycles. The fourth-order valence-corrected chi connectivity index (χ4v) is 4.13. The highest BCUT2D eigenvalue weighted by Crippen LogP contribution is 2.44. The van der Waals surface area contributed by atoms with E-state index >= 15 is 0 Å². The van der Waals surface area contributed by atoms with E-state index in [2.05, 4.69) is 0 Å². The first-order valence-electron chi connectivity index (χ1n) is 7.64. The molecule has 3 aromatic carbocycles. The lowest BCUT2D eigenvalue weighted by molar-refractivity contribution is 0.440. The molecule has 7 heteroatoms. The second-order valence-electron chi connectivity index (χ2n) is 6.00. The van der Waals surface area contributed by atoms with Crippen molar-refractivity contribution in [3.63, 3.8) is 0 Å². The van der Waals surface area contributed by atoms with Crippen LogP contribution >= 0.6 is 0 Å². The average molecular weight is 376 g/mol. The van der Waals surface area contributed by atoms with Crippen LogP contribution in [0.3, 0.4) is 0 Å². The molecule has 0 radical (unpaired) electrons. The molecule has 1 aliphatic rings. The third-order valence-corrected chi connectivity index (χ3v) is 5.40. The Kier molecular flexibility index (Phi) is 3.68. The molecule has 26 heavy (non-hydrogen) atoms. The summed E-state index contributed by atoms with van der Waals surface area (Å²) in [7, 11) is -4.97. The van der Waals surface area contributed by atoms with E-state index in [1.54, 1.807) is 12.1 Å². The second kappa shape index (κ2) is 5.69. The smallest absolute Gasteiger partial charge is 0.282 e. The van der Waals surface area contributed by atoms with Crippen molar-refractivity contribution in [2.75, 3.05) is 0 Å². The monoisotopic (exact) mass is 376 g/mol. The Balaban J connectivity index is 2.07. The van der Waals surface area contributed by atoms with E-state index in [1.165, 1.54) is 6.07 Å². The molecule has 0 spiro atoms. The minimum atomic E-state index is -4.97. The fraction of sp³-hybridized carbons (Fsp3) is 0.0526. The zero-order valence-electron chi connectivity index (χ0n) is 13.1. The standard InChI is InChI=1S/C19H11F3O3S/c20-15-9-16(26(23,24)25)17(19(22)18(15)21)13-7-3-6-12-11-5-2-1-4-10(11)8-14(12)13/h1-7,9H,8H2,(H,23,24,25). The molecule has 0 amide bonds. The summed E-state index contributed by atoms with van der Waals surface area (Å²) in [5.74, 6) is -5.13. The van der Waals surface area contributed by atoms with E-state index in [1.807, 2.05) is 24.3 Å². The van der Waals surface area contributed by atoms with Gasteiger partial charge in [0.1, 0.15) is 4.90 Å². The molecule has 0 heterocycles. The minimum absolute atomic E-state index is 0.0997. The molecule has 3 aromatic rings. The Labute approximate surface area is 147 Å². The van der Waals surface area contributed by atoms with Gasteiger partial charge in [0.15, 0.2) is 17.5 Å². The van der Waals surface area contributed by atoms with Crippen LogP contribution in [-0.2, 0) is 16.5 Å². The molecule has 3 nitrogen and oxygen atoms in total. The van der Waals surface area contributed by atoms with Crippen molar-refractivity contribution in [2.45, 2.75) is 11.3 Å². The molecule has 4 rings (SSSR count). The van der Waals surface area contributed by atoms with Gasteiger partial charge in [0.25, 0.3) is 10.1 Å². The van der Waals surface area contributed by atoms with Gasteiger partial charge in [-0.1, -0.05) is 42.5 Å². The Morgan fingerprint density at radius 2 is 1.50 bits per heavy atom. The summed E-state index contributed by atoms with van der Waals surface area (Å²) in [5.41, 5.74) is 2.62. The lowest BCUT2D eigenvalue weighted by Gasteiger charge is -2.14. The molecule has 1 N–H and O–H groups in total. The van der Waals surface area contributed by atoms with Crippen LogP contribution in [0.25, 0.3) is 22.3 Å². The van der Waals surface area contributed by atoms with Gasteiger partial charge in [0, 0.05) is 5.56 Å². The molecule has 0 aliphatic heterocycles. The van der Waals surface area contributed by atoms with Crippen LogP contribution in [0.5, 0.6) is 0 Å². The summed E-state index contributed by atoms with van der Waals surface area (Å²) in [6.07, 6.45) is 0.380. The Morgan fingerprint density at radius 3 is 2.23 bits per heavy atom. The zero-order chi connectivity index (χ0) is 18.6. The Hall–Kier alpha value is -2.64. The van der Waals surface area contributed by atoms with Gasteiger partial charge in [-0.15, -0.1) is 0 Å². The van der Waals surface area contributed by atoms with Gasteiger partial charge in [-0.25, -0.2) is 13.2 Å². The summed E-state index contributed by atoms with van der Waals surface area (Å²) in [5, 5.41) is 0. The van der Waals surface area contributed by atoms with E-state index in [-0.39, 0.29) is 5.56 Å². The molecule has 132 valence electrons. The van der Waals surface area contributed by atoms with Crippen LogP contribution in [0.4, 0.5) is 13.2 Å². The molecule has 0 saturated carbocycles. The first kappa shape index (κ1) is 16.8. The predicted octanol–water partition coefficient (Wildman–Crippen LogP) is 4.59. The quantitative estimate of drug-likeness (QED) is 0.411. The molecular formula is C19H11F3O3S. The van der Waals surface area contributed by atoms with Gasteiger partial charge in [0.05, 0.1) is 0 Å². The van der Waals surface area contributed by atoms with Crippen LogP contribution in [-0.4, -0.2) is 13.0 Å². The van der Waals surface area contributed by atoms with E-state index in [0.717, 1.165) is 16.7 Å².